The number of ether oxygens (including phenoxy) is 6. The Kier molecular flexibility index (Phi) is 10.0. The van der Waals surface area contributed by atoms with Crippen LogP contribution in [0.3, 0.4) is 0 Å². The number of carbonyl (C=O) groups is 2. The average Bonchev–Trinajstić information content (AvgIpc) is 3.28. The maximum atomic E-state index is 14.0. The minimum Gasteiger partial charge on any atom is -0.493 e. The van der Waals surface area contributed by atoms with Crippen LogP contribution >= 0.6 is 33.9 Å². The van der Waals surface area contributed by atoms with Crippen molar-refractivity contribution in [1.82, 2.24) is 4.57 Å². The molecule has 12 nitrogen and oxygen atoms in total. The number of esters is 1. The zero-order valence-corrected chi connectivity index (χ0v) is 27.2. The third-order valence-corrected chi connectivity index (χ3v) is 8.19. The summed E-state index contributed by atoms with van der Waals surface area (Å²) in [5.41, 5.74) is 1.35. The molecule has 1 N–H and O–H groups in total. The number of aromatic nitrogens is 1. The lowest BCUT2D eigenvalue weighted by Gasteiger charge is -2.26. The second-order valence-corrected chi connectivity index (χ2v) is 11.1. The molecule has 1 atom stereocenters. The topological polar surface area (TPSA) is 144 Å². The van der Waals surface area contributed by atoms with Gasteiger partial charge in [0.2, 0.25) is 5.75 Å². The van der Waals surface area contributed by atoms with Gasteiger partial charge in [-0.25, -0.2) is 14.6 Å². The molecule has 0 fully saturated rings. The van der Waals surface area contributed by atoms with Crippen LogP contribution in [0.25, 0.3) is 6.08 Å². The summed E-state index contributed by atoms with van der Waals surface area (Å²) in [6.07, 6.45) is 1.67. The number of hydrogen-bond donors (Lipinski definition) is 1. The highest BCUT2D eigenvalue weighted by Crippen LogP contribution is 2.42. The Morgan fingerprint density at radius 3 is 2.21 bits per heavy atom. The largest absolute Gasteiger partial charge is 0.493 e. The fraction of sp³-hybridized carbons (Fsp3) is 0.310. The Labute approximate surface area is 263 Å². The van der Waals surface area contributed by atoms with E-state index in [4.69, 9.17) is 33.5 Å². The van der Waals surface area contributed by atoms with Gasteiger partial charge in [0.25, 0.3) is 5.56 Å². The van der Waals surface area contributed by atoms with Crippen molar-refractivity contribution in [2.75, 3.05) is 41.7 Å². The number of thiazole rings is 1. The van der Waals surface area contributed by atoms with Crippen molar-refractivity contribution >= 4 is 51.9 Å². The number of allylic oxidation sites excluding steroid dienone is 1. The molecule has 0 radical (unpaired) electrons. The van der Waals surface area contributed by atoms with Crippen LogP contribution in [0.15, 0.2) is 45.3 Å². The van der Waals surface area contributed by atoms with Crippen molar-refractivity contribution in [2.24, 2.45) is 4.99 Å². The van der Waals surface area contributed by atoms with Crippen LogP contribution < -0.4 is 38.6 Å². The number of nitrogens with zero attached hydrogens (tertiary/aromatic N) is 2. The molecule has 2 heterocycles. The van der Waals surface area contributed by atoms with E-state index in [-0.39, 0.29) is 17.9 Å². The predicted octanol–water partition coefficient (Wildman–Crippen LogP) is 2.90. The normalized spacial score (nSPS) is 14.5. The smallest absolute Gasteiger partial charge is 0.341 e. The number of halogens is 1. The van der Waals surface area contributed by atoms with E-state index < -0.39 is 30.1 Å². The Balaban J connectivity index is 1.95. The zero-order valence-electron chi connectivity index (χ0n) is 24.2. The number of aliphatic carboxylic acids is 1. The summed E-state index contributed by atoms with van der Waals surface area (Å²) in [4.78, 5) is 43.3. The van der Waals surface area contributed by atoms with E-state index in [1.807, 2.05) is 22.6 Å². The summed E-state index contributed by atoms with van der Waals surface area (Å²) in [6.45, 7) is 2.99. The van der Waals surface area contributed by atoms with Crippen molar-refractivity contribution in [3.8, 4) is 28.7 Å². The lowest BCUT2D eigenvalue weighted by atomic mass is 9.95. The first-order valence-corrected chi connectivity index (χ1v) is 14.7. The van der Waals surface area contributed by atoms with Crippen LogP contribution in [-0.4, -0.2) is 63.3 Å². The van der Waals surface area contributed by atoms with Crippen LogP contribution in [0.1, 0.15) is 31.0 Å². The molecular weight excluding hydrogens is 695 g/mol. The summed E-state index contributed by atoms with van der Waals surface area (Å²) in [5, 5.41) is 9.01. The standard InChI is InChI=1S/C29H29IN2O10S/c1-7-41-28(36)23-14(2)31-29-32(24(23)16-11-19(38-4)26(40-6)20(12-16)39-5)27(35)21(43-29)10-15-8-17(30)25(18(9-15)37-3)42-13-22(33)34/h8-12,24H,7,13H2,1-6H3,(H,33,34)/b21-10-/t24-/m0/s1. The molecule has 2 aromatic carbocycles. The second-order valence-electron chi connectivity index (χ2n) is 8.98. The Morgan fingerprint density at radius 1 is 1.02 bits per heavy atom. The molecule has 0 amide bonds. The summed E-state index contributed by atoms with van der Waals surface area (Å²) in [6, 6.07) is 5.84. The van der Waals surface area contributed by atoms with E-state index in [0.717, 1.165) is 11.3 Å². The maximum absolute atomic E-state index is 14.0. The van der Waals surface area contributed by atoms with E-state index in [0.29, 0.717) is 52.7 Å². The molecule has 0 saturated carbocycles. The van der Waals surface area contributed by atoms with Crippen LogP contribution in [0, 0.1) is 3.57 Å². The van der Waals surface area contributed by atoms with Crippen molar-refractivity contribution in [2.45, 2.75) is 19.9 Å². The van der Waals surface area contributed by atoms with Crippen LogP contribution in [0.5, 0.6) is 28.7 Å². The second kappa shape index (κ2) is 13.5. The molecule has 0 aliphatic carbocycles. The first-order valence-electron chi connectivity index (χ1n) is 12.8. The van der Waals surface area contributed by atoms with Gasteiger partial charge < -0.3 is 33.5 Å². The quantitative estimate of drug-likeness (QED) is 0.232. The molecule has 0 bridgehead atoms. The summed E-state index contributed by atoms with van der Waals surface area (Å²) >= 11 is 3.17. The van der Waals surface area contributed by atoms with E-state index in [1.54, 1.807) is 44.2 Å². The number of methoxy groups -OCH3 is 4. The van der Waals surface area contributed by atoms with Crippen molar-refractivity contribution in [3.63, 3.8) is 0 Å². The molecule has 1 aromatic heterocycles. The number of benzene rings is 2. The van der Waals surface area contributed by atoms with Crippen LogP contribution in [0.2, 0.25) is 0 Å². The molecule has 0 unspecified atom stereocenters. The lowest BCUT2D eigenvalue weighted by molar-refractivity contribution is -0.140. The average molecular weight is 725 g/mol. The van der Waals surface area contributed by atoms with Crippen LogP contribution in [-0.2, 0) is 14.3 Å². The SMILES string of the molecule is CCOC(=O)C1=C(C)N=c2s/c(=C\c3cc(I)c(OCC(=O)O)c(OC)c3)c(=O)n2[C@H]1c1cc(OC)c(OC)c(OC)c1. The van der Waals surface area contributed by atoms with Gasteiger partial charge in [0.15, 0.2) is 34.4 Å². The van der Waals surface area contributed by atoms with Crippen molar-refractivity contribution in [1.29, 1.82) is 0 Å². The van der Waals surface area contributed by atoms with E-state index in [9.17, 15) is 14.4 Å². The van der Waals surface area contributed by atoms with Gasteiger partial charge in [-0.2, -0.15) is 0 Å². The van der Waals surface area contributed by atoms with E-state index in [1.165, 1.54) is 33.0 Å². The molecule has 3 aromatic rings. The van der Waals surface area contributed by atoms with Crippen molar-refractivity contribution < 1.29 is 43.1 Å². The highest BCUT2D eigenvalue weighted by Gasteiger charge is 2.34. The molecule has 1 aliphatic rings. The highest BCUT2D eigenvalue weighted by atomic mass is 127. The van der Waals surface area contributed by atoms with Crippen LogP contribution in [0.4, 0.5) is 0 Å². The summed E-state index contributed by atoms with van der Waals surface area (Å²) in [7, 11) is 5.88. The van der Waals surface area contributed by atoms with Crippen molar-refractivity contribution in [3.05, 3.63) is 69.9 Å². The Bertz CT molecular complexity index is 1770. The third-order valence-electron chi connectivity index (χ3n) is 6.41. The van der Waals surface area contributed by atoms with Gasteiger partial charge in [0.1, 0.15) is 0 Å². The van der Waals surface area contributed by atoms with E-state index >= 15 is 0 Å². The van der Waals surface area contributed by atoms with Gasteiger partial charge in [-0.3, -0.25) is 9.36 Å². The minimum absolute atomic E-state index is 0.134. The number of hydrogen-bond acceptors (Lipinski definition) is 11. The molecular formula is C29H29IN2O10S. The zero-order chi connectivity index (χ0) is 31.4. The first-order chi connectivity index (χ1) is 20.6. The molecule has 0 spiro atoms. The van der Waals surface area contributed by atoms with Gasteiger partial charge in [0.05, 0.1) is 60.5 Å². The molecule has 4 rings (SSSR count). The summed E-state index contributed by atoms with van der Waals surface area (Å²) in [5.74, 6) is -0.0781. The minimum atomic E-state index is -1.12. The molecule has 43 heavy (non-hydrogen) atoms. The summed E-state index contributed by atoms with van der Waals surface area (Å²) < 4.78 is 35.1. The van der Waals surface area contributed by atoms with Gasteiger partial charge in [-0.05, 0) is 77.9 Å². The lowest BCUT2D eigenvalue weighted by Crippen LogP contribution is -2.40. The fourth-order valence-corrected chi connectivity index (χ4v) is 6.44. The number of rotatable bonds is 11. The number of carboxylic acids is 1. The fourth-order valence-electron chi connectivity index (χ4n) is 4.61. The number of fused-ring (bicyclic) bond motifs is 1. The predicted molar refractivity (Wildman–Crippen MR) is 165 cm³/mol. The first kappa shape index (κ1) is 31.9. The maximum Gasteiger partial charge on any atom is 0.341 e. The highest BCUT2D eigenvalue weighted by molar-refractivity contribution is 14.1. The van der Waals surface area contributed by atoms with Gasteiger partial charge >= 0.3 is 11.9 Å². The van der Waals surface area contributed by atoms with Gasteiger partial charge in [-0.1, -0.05) is 11.3 Å². The molecule has 1 aliphatic heterocycles. The van der Waals surface area contributed by atoms with E-state index in [2.05, 4.69) is 4.99 Å². The number of carboxylic acid groups (broad SMARTS) is 1. The molecule has 14 heteroatoms. The Hall–Kier alpha value is -4.05. The monoisotopic (exact) mass is 724 g/mol. The van der Waals surface area contributed by atoms with Gasteiger partial charge in [0, 0.05) is 0 Å². The number of carbonyl (C=O) groups excluding carboxylic acids is 1. The molecule has 0 saturated heterocycles. The Morgan fingerprint density at radius 2 is 1.65 bits per heavy atom. The third kappa shape index (κ3) is 6.34. The van der Waals surface area contributed by atoms with Gasteiger partial charge in [-0.15, -0.1) is 0 Å². The molecule has 228 valence electrons.